The standard InChI is InChI=1S/C10H11FN2O2/c1-15-10(14)4-2-3-8-7(12)5-6-9(11)13-8/h2-3,5-6H,4,12H2,1H3. The summed E-state index contributed by atoms with van der Waals surface area (Å²) in [6.07, 6.45) is 3.10. The zero-order chi connectivity index (χ0) is 11.3. The SMILES string of the molecule is COC(=O)CC=Cc1nc(F)ccc1N. The molecule has 0 unspecified atom stereocenters. The predicted octanol–water partition coefficient (Wildman–Crippen LogP) is 1.38. The van der Waals surface area contributed by atoms with Gasteiger partial charge in [0, 0.05) is 0 Å². The van der Waals surface area contributed by atoms with E-state index in [-0.39, 0.29) is 12.4 Å². The molecule has 0 radical (unpaired) electrons. The van der Waals surface area contributed by atoms with Crippen LogP contribution in [0.1, 0.15) is 12.1 Å². The van der Waals surface area contributed by atoms with Crippen LogP contribution in [0.4, 0.5) is 10.1 Å². The van der Waals surface area contributed by atoms with Crippen LogP contribution in [-0.4, -0.2) is 18.1 Å². The van der Waals surface area contributed by atoms with E-state index in [2.05, 4.69) is 9.72 Å². The predicted molar refractivity (Wildman–Crippen MR) is 54.3 cm³/mol. The van der Waals surface area contributed by atoms with Crippen molar-refractivity contribution in [1.29, 1.82) is 0 Å². The highest BCUT2D eigenvalue weighted by Crippen LogP contribution is 2.11. The van der Waals surface area contributed by atoms with Gasteiger partial charge >= 0.3 is 5.97 Å². The molecule has 1 aromatic heterocycles. The van der Waals surface area contributed by atoms with E-state index in [0.717, 1.165) is 0 Å². The molecule has 0 spiro atoms. The zero-order valence-corrected chi connectivity index (χ0v) is 8.24. The van der Waals surface area contributed by atoms with E-state index in [9.17, 15) is 9.18 Å². The molecular formula is C10H11FN2O2. The molecule has 15 heavy (non-hydrogen) atoms. The molecule has 0 aromatic carbocycles. The molecule has 0 saturated heterocycles. The van der Waals surface area contributed by atoms with Crippen molar-refractivity contribution >= 4 is 17.7 Å². The van der Waals surface area contributed by atoms with E-state index in [0.29, 0.717) is 11.4 Å². The van der Waals surface area contributed by atoms with Gasteiger partial charge in [-0.25, -0.2) is 4.98 Å². The van der Waals surface area contributed by atoms with Crippen molar-refractivity contribution in [1.82, 2.24) is 4.98 Å². The lowest BCUT2D eigenvalue weighted by Crippen LogP contribution is -1.98. The van der Waals surface area contributed by atoms with Crippen LogP contribution in [0.3, 0.4) is 0 Å². The maximum Gasteiger partial charge on any atom is 0.309 e. The highest BCUT2D eigenvalue weighted by Gasteiger charge is 1.99. The van der Waals surface area contributed by atoms with Gasteiger partial charge in [0.05, 0.1) is 24.9 Å². The summed E-state index contributed by atoms with van der Waals surface area (Å²) in [5.74, 6) is -0.983. The Morgan fingerprint density at radius 1 is 1.67 bits per heavy atom. The fraction of sp³-hybridized carbons (Fsp3) is 0.200. The van der Waals surface area contributed by atoms with Crippen LogP contribution in [0.15, 0.2) is 18.2 Å². The van der Waals surface area contributed by atoms with Crippen molar-refractivity contribution in [3.63, 3.8) is 0 Å². The number of nitrogens with zero attached hydrogens (tertiary/aromatic N) is 1. The maximum atomic E-state index is 12.7. The Balaban J connectivity index is 2.71. The maximum absolute atomic E-state index is 12.7. The number of methoxy groups -OCH3 is 1. The van der Waals surface area contributed by atoms with Crippen LogP contribution in [-0.2, 0) is 9.53 Å². The third-order valence-corrected chi connectivity index (χ3v) is 1.71. The molecule has 0 amide bonds. The molecule has 1 heterocycles. The normalized spacial score (nSPS) is 10.5. The third kappa shape index (κ3) is 3.38. The first-order valence-corrected chi connectivity index (χ1v) is 4.29. The minimum Gasteiger partial charge on any atom is -0.469 e. The number of pyridine rings is 1. The number of halogens is 1. The van der Waals surface area contributed by atoms with Gasteiger partial charge < -0.3 is 10.5 Å². The van der Waals surface area contributed by atoms with Crippen LogP contribution in [0.5, 0.6) is 0 Å². The van der Waals surface area contributed by atoms with Gasteiger partial charge in [-0.05, 0) is 18.2 Å². The lowest BCUT2D eigenvalue weighted by atomic mass is 10.2. The molecule has 0 fully saturated rings. The topological polar surface area (TPSA) is 65.2 Å². The van der Waals surface area contributed by atoms with E-state index >= 15 is 0 Å². The van der Waals surface area contributed by atoms with E-state index < -0.39 is 5.95 Å². The second-order valence-corrected chi connectivity index (χ2v) is 2.79. The molecule has 4 nitrogen and oxygen atoms in total. The average Bonchev–Trinajstić information content (AvgIpc) is 2.23. The fourth-order valence-corrected chi connectivity index (χ4v) is 0.944. The van der Waals surface area contributed by atoms with E-state index in [1.165, 1.54) is 31.4 Å². The van der Waals surface area contributed by atoms with E-state index in [4.69, 9.17) is 5.73 Å². The minimum absolute atomic E-state index is 0.105. The summed E-state index contributed by atoms with van der Waals surface area (Å²) >= 11 is 0. The number of esters is 1. The summed E-state index contributed by atoms with van der Waals surface area (Å²) in [5.41, 5.74) is 6.21. The molecule has 0 atom stereocenters. The molecule has 0 aliphatic heterocycles. The number of aromatic nitrogens is 1. The van der Waals surface area contributed by atoms with Crippen LogP contribution in [0.2, 0.25) is 0 Å². The highest BCUT2D eigenvalue weighted by atomic mass is 19.1. The summed E-state index contributed by atoms with van der Waals surface area (Å²) in [4.78, 5) is 14.3. The Kier molecular flexibility index (Phi) is 3.79. The lowest BCUT2D eigenvalue weighted by Gasteiger charge is -1.98. The monoisotopic (exact) mass is 210 g/mol. The smallest absolute Gasteiger partial charge is 0.309 e. The zero-order valence-electron chi connectivity index (χ0n) is 8.24. The highest BCUT2D eigenvalue weighted by molar-refractivity contribution is 5.73. The molecule has 5 heteroatoms. The number of ether oxygens (including phenoxy) is 1. The first-order chi connectivity index (χ1) is 7.13. The molecule has 1 aromatic rings. The van der Waals surface area contributed by atoms with Crippen LogP contribution in [0, 0.1) is 5.95 Å². The Bertz CT molecular complexity index is 391. The number of hydrogen-bond acceptors (Lipinski definition) is 4. The summed E-state index contributed by atoms with van der Waals surface area (Å²) in [7, 11) is 1.30. The number of rotatable bonds is 3. The summed E-state index contributed by atoms with van der Waals surface area (Å²) < 4.78 is 17.1. The van der Waals surface area contributed by atoms with Crippen molar-refractivity contribution in [2.75, 3.05) is 12.8 Å². The molecule has 2 N–H and O–H groups in total. The first-order valence-electron chi connectivity index (χ1n) is 4.29. The third-order valence-electron chi connectivity index (χ3n) is 1.71. The minimum atomic E-state index is -0.609. The summed E-state index contributed by atoms with van der Waals surface area (Å²) in [6, 6.07) is 2.59. The van der Waals surface area contributed by atoms with Gasteiger partial charge in [0.25, 0.3) is 0 Å². The number of anilines is 1. The number of nitrogen functional groups attached to an aromatic ring is 1. The number of nitrogens with two attached hydrogens (primary N) is 1. The quantitative estimate of drug-likeness (QED) is 0.604. The van der Waals surface area contributed by atoms with Crippen LogP contribution >= 0.6 is 0 Å². The van der Waals surface area contributed by atoms with Gasteiger partial charge in [-0.15, -0.1) is 0 Å². The number of hydrogen-bond donors (Lipinski definition) is 1. The molecule has 0 aliphatic rings. The van der Waals surface area contributed by atoms with Crippen molar-refractivity contribution in [3.8, 4) is 0 Å². The van der Waals surface area contributed by atoms with Gasteiger partial charge in [-0.1, -0.05) is 6.08 Å². The second-order valence-electron chi connectivity index (χ2n) is 2.79. The molecule has 0 aliphatic carbocycles. The van der Waals surface area contributed by atoms with Gasteiger partial charge in [-0.2, -0.15) is 4.39 Å². The van der Waals surface area contributed by atoms with Crippen LogP contribution in [0.25, 0.3) is 6.08 Å². The van der Waals surface area contributed by atoms with E-state index in [1.54, 1.807) is 0 Å². The average molecular weight is 210 g/mol. The molecule has 1 rings (SSSR count). The largest absolute Gasteiger partial charge is 0.469 e. The van der Waals surface area contributed by atoms with Crippen molar-refractivity contribution in [3.05, 3.63) is 29.9 Å². The lowest BCUT2D eigenvalue weighted by molar-refractivity contribution is -0.139. The summed E-state index contributed by atoms with van der Waals surface area (Å²) in [6.45, 7) is 0. The molecule has 0 saturated carbocycles. The fourth-order valence-electron chi connectivity index (χ4n) is 0.944. The summed E-state index contributed by atoms with van der Waals surface area (Å²) in [5, 5.41) is 0. The molecule has 80 valence electrons. The van der Waals surface area contributed by atoms with Gasteiger partial charge in [0.15, 0.2) is 0 Å². The van der Waals surface area contributed by atoms with Gasteiger partial charge in [0.2, 0.25) is 5.95 Å². The Morgan fingerprint density at radius 3 is 3.07 bits per heavy atom. The molecular weight excluding hydrogens is 199 g/mol. The Labute approximate surface area is 86.6 Å². The van der Waals surface area contributed by atoms with Crippen molar-refractivity contribution in [2.24, 2.45) is 0 Å². The number of carbonyl (C=O) groups is 1. The second kappa shape index (κ2) is 5.09. The Hall–Kier alpha value is -1.91. The Morgan fingerprint density at radius 2 is 2.40 bits per heavy atom. The first kappa shape index (κ1) is 11.2. The molecule has 0 bridgehead atoms. The van der Waals surface area contributed by atoms with Crippen molar-refractivity contribution < 1.29 is 13.9 Å². The van der Waals surface area contributed by atoms with Gasteiger partial charge in [-0.3, -0.25) is 4.79 Å². The number of carbonyl (C=O) groups excluding carboxylic acids is 1. The van der Waals surface area contributed by atoms with Crippen molar-refractivity contribution in [2.45, 2.75) is 6.42 Å². The van der Waals surface area contributed by atoms with Gasteiger partial charge in [0.1, 0.15) is 0 Å². The van der Waals surface area contributed by atoms with Crippen LogP contribution < -0.4 is 5.73 Å². The van der Waals surface area contributed by atoms with E-state index in [1.807, 2.05) is 0 Å².